The van der Waals surface area contributed by atoms with Crippen molar-refractivity contribution in [3.63, 3.8) is 0 Å². The Morgan fingerprint density at radius 2 is 1.86 bits per heavy atom. The van der Waals surface area contributed by atoms with Crippen molar-refractivity contribution in [2.45, 2.75) is 32.0 Å². The highest BCUT2D eigenvalue weighted by Gasteiger charge is 2.26. The maximum atomic E-state index is 12.1. The second-order valence-corrected chi connectivity index (χ2v) is 4.95. The van der Waals surface area contributed by atoms with E-state index in [1.165, 1.54) is 0 Å². The molecule has 5 heteroatoms. The van der Waals surface area contributed by atoms with Crippen molar-refractivity contribution < 1.29 is 23.0 Å². The highest BCUT2D eigenvalue weighted by Crippen LogP contribution is 2.34. The summed E-state index contributed by atoms with van der Waals surface area (Å²) < 4.78 is 42.0. The fourth-order valence-electron chi connectivity index (χ4n) is 2.20. The monoisotopic (exact) mass is 298 g/mol. The second-order valence-electron chi connectivity index (χ2n) is 4.95. The van der Waals surface area contributed by atoms with Crippen LogP contribution in [0.4, 0.5) is 13.2 Å². The van der Waals surface area contributed by atoms with Gasteiger partial charge in [0.1, 0.15) is 5.75 Å². The van der Waals surface area contributed by atoms with E-state index >= 15 is 0 Å². The topological polar surface area (TPSA) is 29.5 Å². The third-order valence-electron chi connectivity index (χ3n) is 3.21. The van der Waals surface area contributed by atoms with Gasteiger partial charge < -0.3 is 9.84 Å². The fraction of sp³-hybridized carbons (Fsp3) is 0.375. The lowest BCUT2D eigenvalue weighted by Crippen LogP contribution is -2.10. The van der Waals surface area contributed by atoms with E-state index in [1.54, 1.807) is 13.0 Å². The minimum Gasteiger partial charge on any atom is -0.493 e. The molecule has 0 radical (unpaired) electrons. The molecule has 0 aliphatic heterocycles. The van der Waals surface area contributed by atoms with Gasteiger partial charge in [0, 0.05) is 17.4 Å². The van der Waals surface area contributed by atoms with Gasteiger partial charge in [0.05, 0.1) is 12.7 Å². The summed E-state index contributed by atoms with van der Waals surface area (Å²) in [5.41, 5.74) is 0.584. The van der Waals surface area contributed by atoms with Crippen LogP contribution in [0, 0.1) is 0 Å². The van der Waals surface area contributed by atoms with Gasteiger partial charge in [0.15, 0.2) is 0 Å². The van der Waals surface area contributed by atoms with Gasteiger partial charge in [-0.2, -0.15) is 13.2 Å². The van der Waals surface area contributed by atoms with Gasteiger partial charge in [0.25, 0.3) is 0 Å². The summed E-state index contributed by atoms with van der Waals surface area (Å²) in [4.78, 5) is 0. The van der Waals surface area contributed by atoms with Crippen molar-refractivity contribution in [3.05, 3.63) is 42.0 Å². The Morgan fingerprint density at radius 3 is 2.52 bits per heavy atom. The van der Waals surface area contributed by atoms with Gasteiger partial charge in [-0.3, -0.25) is 0 Å². The lowest BCUT2D eigenvalue weighted by molar-refractivity contribution is -0.136. The Labute approximate surface area is 121 Å². The van der Waals surface area contributed by atoms with Crippen molar-refractivity contribution in [2.75, 3.05) is 6.61 Å². The Balaban J connectivity index is 2.21. The van der Waals surface area contributed by atoms with Crippen LogP contribution >= 0.6 is 0 Å². The van der Waals surface area contributed by atoms with Gasteiger partial charge in [-0.15, -0.1) is 0 Å². The summed E-state index contributed by atoms with van der Waals surface area (Å²) >= 11 is 0. The Morgan fingerprint density at radius 1 is 1.14 bits per heavy atom. The van der Waals surface area contributed by atoms with E-state index in [1.807, 2.05) is 30.3 Å². The first-order valence-electron chi connectivity index (χ1n) is 6.78. The summed E-state index contributed by atoms with van der Waals surface area (Å²) in [6.07, 6.45) is -5.89. The smallest absolute Gasteiger partial charge is 0.389 e. The third-order valence-corrected chi connectivity index (χ3v) is 3.21. The van der Waals surface area contributed by atoms with Crippen LogP contribution in [0.5, 0.6) is 5.75 Å². The quantitative estimate of drug-likeness (QED) is 0.816. The predicted molar refractivity (Wildman–Crippen MR) is 75.4 cm³/mol. The average Bonchev–Trinajstić information content (AvgIpc) is 2.42. The van der Waals surface area contributed by atoms with Gasteiger partial charge in [-0.05, 0) is 18.7 Å². The molecule has 0 bridgehead atoms. The van der Waals surface area contributed by atoms with Crippen LogP contribution in [-0.2, 0) is 0 Å². The van der Waals surface area contributed by atoms with Crippen LogP contribution in [0.1, 0.15) is 31.4 Å². The molecular weight excluding hydrogens is 281 g/mol. The average molecular weight is 298 g/mol. The molecule has 0 saturated carbocycles. The molecule has 1 atom stereocenters. The first kappa shape index (κ1) is 15.6. The standard InChI is InChI=1S/C16H17F3O2/c1-11(20)13-8-7-12-5-2-3-6-14(12)15(13)21-10-4-9-16(17,18)19/h2-3,5-8,11,20H,4,9-10H2,1H3/t11-/m0/s1. The number of aliphatic hydroxyl groups is 1. The minimum atomic E-state index is -4.17. The van der Waals surface area contributed by atoms with E-state index in [2.05, 4.69) is 0 Å². The maximum Gasteiger partial charge on any atom is 0.389 e. The molecular formula is C16H17F3O2. The fourth-order valence-corrected chi connectivity index (χ4v) is 2.20. The first-order chi connectivity index (χ1) is 9.88. The maximum absolute atomic E-state index is 12.1. The molecule has 0 aromatic heterocycles. The van der Waals surface area contributed by atoms with Gasteiger partial charge in [0.2, 0.25) is 0 Å². The summed E-state index contributed by atoms with van der Waals surface area (Å²) in [6, 6.07) is 11.0. The number of halogens is 3. The SMILES string of the molecule is C[C@H](O)c1ccc2ccccc2c1OCCCC(F)(F)F. The Kier molecular flexibility index (Phi) is 4.73. The molecule has 0 amide bonds. The zero-order valence-electron chi connectivity index (χ0n) is 11.7. The minimum absolute atomic E-state index is 0.0345. The summed E-state index contributed by atoms with van der Waals surface area (Å²) in [5, 5.41) is 11.5. The molecule has 2 rings (SSSR count). The molecule has 0 aliphatic carbocycles. The molecule has 0 fully saturated rings. The van der Waals surface area contributed by atoms with Crippen LogP contribution in [-0.4, -0.2) is 17.9 Å². The molecule has 2 nitrogen and oxygen atoms in total. The van der Waals surface area contributed by atoms with Crippen LogP contribution < -0.4 is 4.74 Å². The Hall–Kier alpha value is -1.75. The molecule has 1 N–H and O–H groups in total. The highest BCUT2D eigenvalue weighted by atomic mass is 19.4. The number of rotatable bonds is 5. The second kappa shape index (κ2) is 6.35. The lowest BCUT2D eigenvalue weighted by atomic mass is 10.0. The Bertz CT molecular complexity index is 606. The molecule has 0 heterocycles. The predicted octanol–water partition coefficient (Wildman–Crippen LogP) is 4.61. The normalized spacial score (nSPS) is 13.4. The van der Waals surface area contributed by atoms with E-state index in [0.717, 1.165) is 10.8 Å². The number of ether oxygens (including phenoxy) is 1. The van der Waals surface area contributed by atoms with Crippen LogP contribution in [0.15, 0.2) is 36.4 Å². The van der Waals surface area contributed by atoms with Crippen molar-refractivity contribution in [3.8, 4) is 5.75 Å². The number of fused-ring (bicyclic) bond motifs is 1. The molecule has 0 unspecified atom stereocenters. The highest BCUT2D eigenvalue weighted by molar-refractivity contribution is 5.89. The molecule has 0 aliphatic rings. The van der Waals surface area contributed by atoms with Crippen molar-refractivity contribution in [1.29, 1.82) is 0 Å². The molecule has 21 heavy (non-hydrogen) atoms. The van der Waals surface area contributed by atoms with Crippen molar-refractivity contribution >= 4 is 10.8 Å². The van der Waals surface area contributed by atoms with E-state index < -0.39 is 18.7 Å². The van der Waals surface area contributed by atoms with Gasteiger partial charge in [-0.1, -0.05) is 36.4 Å². The summed E-state index contributed by atoms with van der Waals surface area (Å²) in [7, 11) is 0. The van der Waals surface area contributed by atoms with Crippen molar-refractivity contribution in [1.82, 2.24) is 0 Å². The number of benzene rings is 2. The van der Waals surface area contributed by atoms with Crippen LogP contribution in [0.25, 0.3) is 10.8 Å². The number of hydrogen-bond acceptors (Lipinski definition) is 2. The lowest BCUT2D eigenvalue weighted by Gasteiger charge is -2.16. The largest absolute Gasteiger partial charge is 0.493 e. The van der Waals surface area contributed by atoms with Gasteiger partial charge in [-0.25, -0.2) is 0 Å². The number of alkyl halides is 3. The first-order valence-corrected chi connectivity index (χ1v) is 6.78. The number of hydrogen-bond donors (Lipinski definition) is 1. The summed E-state index contributed by atoms with van der Waals surface area (Å²) in [5.74, 6) is 0.463. The van der Waals surface area contributed by atoms with Crippen LogP contribution in [0.2, 0.25) is 0 Å². The van der Waals surface area contributed by atoms with E-state index in [9.17, 15) is 18.3 Å². The zero-order valence-corrected chi connectivity index (χ0v) is 11.7. The molecule has 2 aromatic carbocycles. The summed E-state index contributed by atoms with van der Waals surface area (Å²) in [6.45, 7) is 1.57. The van der Waals surface area contributed by atoms with Crippen LogP contribution in [0.3, 0.4) is 0 Å². The molecule has 2 aromatic rings. The zero-order chi connectivity index (χ0) is 15.5. The third kappa shape index (κ3) is 4.11. The molecule has 114 valence electrons. The van der Waals surface area contributed by atoms with E-state index in [0.29, 0.717) is 11.3 Å². The number of aliphatic hydroxyl groups excluding tert-OH is 1. The molecule has 0 spiro atoms. The van der Waals surface area contributed by atoms with E-state index in [-0.39, 0.29) is 13.0 Å². The van der Waals surface area contributed by atoms with E-state index in [4.69, 9.17) is 4.74 Å². The molecule has 0 saturated heterocycles. The van der Waals surface area contributed by atoms with Crippen molar-refractivity contribution in [2.24, 2.45) is 0 Å². The van der Waals surface area contributed by atoms with Gasteiger partial charge >= 0.3 is 6.18 Å².